The molecule has 4 heteroatoms. The molecule has 0 radical (unpaired) electrons. The van der Waals surface area contributed by atoms with Crippen molar-refractivity contribution in [3.05, 3.63) is 49.6 Å². The molecule has 19 heavy (non-hydrogen) atoms. The van der Waals surface area contributed by atoms with Crippen molar-refractivity contribution in [1.29, 1.82) is 0 Å². The summed E-state index contributed by atoms with van der Waals surface area (Å²) in [5.74, 6) is -4.22. The highest BCUT2D eigenvalue weighted by atomic mass is 16.4. The van der Waals surface area contributed by atoms with Gasteiger partial charge < -0.3 is 19.8 Å². The quantitative estimate of drug-likeness (QED) is 0.533. The average Bonchev–Trinajstić information content (AvgIpc) is 2.35. The monoisotopic (exact) mass is 262 g/mol. The molecule has 4 nitrogen and oxygen atoms in total. The van der Waals surface area contributed by atoms with Gasteiger partial charge in [0.25, 0.3) is 0 Å². The van der Waals surface area contributed by atoms with Gasteiger partial charge >= 0.3 is 0 Å². The zero-order valence-electron chi connectivity index (χ0n) is 10.8. The van der Waals surface area contributed by atoms with Crippen molar-refractivity contribution in [3.8, 4) is 0 Å². The standard InChI is InChI=1S/C15H20O4/c1-3-5-7-9-12(14(16)17)11-13(15(18)19)10-8-6-4-2/h3-8,12-13H,1-2,9-11H2,(H,16,17)(H,18,19)/p-2/b7-5+,8-6+. The molecule has 0 saturated heterocycles. The summed E-state index contributed by atoms with van der Waals surface area (Å²) in [4.78, 5) is 21.9. The maximum atomic E-state index is 11.0. The molecule has 2 atom stereocenters. The Morgan fingerprint density at radius 1 is 0.895 bits per heavy atom. The second kappa shape index (κ2) is 9.88. The van der Waals surface area contributed by atoms with Crippen molar-refractivity contribution in [2.24, 2.45) is 11.8 Å². The normalized spacial score (nSPS) is 14.3. The maximum absolute atomic E-state index is 11.0. The van der Waals surface area contributed by atoms with Gasteiger partial charge in [0.05, 0.1) is 0 Å². The number of aliphatic carboxylic acids is 2. The number of allylic oxidation sites excluding steroid dienone is 6. The zero-order chi connectivity index (χ0) is 14.7. The lowest BCUT2D eigenvalue weighted by atomic mass is 9.89. The van der Waals surface area contributed by atoms with E-state index in [1.807, 2.05) is 0 Å². The van der Waals surface area contributed by atoms with Crippen LogP contribution in [0.25, 0.3) is 0 Å². The molecule has 0 heterocycles. The first-order chi connectivity index (χ1) is 9.02. The van der Waals surface area contributed by atoms with Gasteiger partial charge in [0.2, 0.25) is 0 Å². The Hall–Kier alpha value is -2.10. The predicted octanol–water partition coefficient (Wildman–Crippen LogP) is 0.373. The van der Waals surface area contributed by atoms with E-state index in [1.54, 1.807) is 24.3 Å². The Kier molecular flexibility index (Phi) is 8.79. The molecule has 0 fully saturated rings. The molecular formula is C15H18O4-2. The molecule has 0 aromatic rings. The average molecular weight is 262 g/mol. The lowest BCUT2D eigenvalue weighted by Crippen LogP contribution is -2.37. The molecule has 0 aromatic carbocycles. The third-order valence-corrected chi connectivity index (χ3v) is 2.62. The Labute approximate surface area is 113 Å². The molecule has 0 aromatic heterocycles. The Morgan fingerprint density at radius 3 is 1.53 bits per heavy atom. The lowest BCUT2D eigenvalue weighted by molar-refractivity contribution is -0.316. The second-order valence-electron chi connectivity index (χ2n) is 4.07. The summed E-state index contributed by atoms with van der Waals surface area (Å²) < 4.78 is 0. The number of hydrogen-bond donors (Lipinski definition) is 0. The van der Waals surface area contributed by atoms with E-state index in [4.69, 9.17) is 0 Å². The molecule has 0 aliphatic rings. The summed E-state index contributed by atoms with van der Waals surface area (Å²) in [6, 6.07) is 0. The van der Waals surface area contributed by atoms with Crippen molar-refractivity contribution in [1.82, 2.24) is 0 Å². The van der Waals surface area contributed by atoms with Crippen molar-refractivity contribution >= 4 is 11.9 Å². The van der Waals surface area contributed by atoms with Crippen molar-refractivity contribution in [2.75, 3.05) is 0 Å². The van der Waals surface area contributed by atoms with Crippen LogP contribution in [0.4, 0.5) is 0 Å². The van der Waals surface area contributed by atoms with Gasteiger partial charge in [-0.1, -0.05) is 49.6 Å². The van der Waals surface area contributed by atoms with E-state index >= 15 is 0 Å². The number of hydrogen-bond acceptors (Lipinski definition) is 4. The molecule has 0 bridgehead atoms. The number of carbonyl (C=O) groups is 2. The molecular weight excluding hydrogens is 244 g/mol. The van der Waals surface area contributed by atoms with E-state index in [9.17, 15) is 19.8 Å². The van der Waals surface area contributed by atoms with Gasteiger partial charge in [0.1, 0.15) is 0 Å². The third kappa shape index (κ3) is 7.76. The SMILES string of the molecule is C=C/C=C/CC(CC(C/C=C/C=C)C(=O)[O-])C(=O)[O-]. The highest BCUT2D eigenvalue weighted by molar-refractivity contribution is 5.71. The van der Waals surface area contributed by atoms with E-state index < -0.39 is 23.8 Å². The van der Waals surface area contributed by atoms with Gasteiger partial charge in [-0.05, 0) is 19.3 Å². The van der Waals surface area contributed by atoms with Crippen molar-refractivity contribution < 1.29 is 19.8 Å². The van der Waals surface area contributed by atoms with E-state index in [2.05, 4.69) is 13.2 Å². The Balaban J connectivity index is 4.64. The summed E-state index contributed by atoms with van der Waals surface area (Å²) in [6.07, 6.45) is 9.92. The van der Waals surface area contributed by atoms with Crippen LogP contribution in [0.1, 0.15) is 19.3 Å². The van der Waals surface area contributed by atoms with Crippen LogP contribution in [0.5, 0.6) is 0 Å². The van der Waals surface area contributed by atoms with E-state index in [0.29, 0.717) is 0 Å². The molecule has 104 valence electrons. The van der Waals surface area contributed by atoms with Gasteiger partial charge in [-0.3, -0.25) is 0 Å². The van der Waals surface area contributed by atoms with Crippen LogP contribution in [0.15, 0.2) is 49.6 Å². The fraction of sp³-hybridized carbons (Fsp3) is 0.333. The first-order valence-electron chi connectivity index (χ1n) is 5.99. The van der Waals surface area contributed by atoms with Gasteiger partial charge in [0, 0.05) is 23.8 Å². The summed E-state index contributed by atoms with van der Waals surface area (Å²) in [7, 11) is 0. The first kappa shape index (κ1) is 16.9. The fourth-order valence-electron chi connectivity index (χ4n) is 1.60. The van der Waals surface area contributed by atoms with Gasteiger partial charge in [-0.15, -0.1) is 0 Å². The van der Waals surface area contributed by atoms with Crippen LogP contribution >= 0.6 is 0 Å². The minimum atomic E-state index is -1.26. The maximum Gasteiger partial charge on any atom is 0.0448 e. The highest BCUT2D eigenvalue weighted by Crippen LogP contribution is 2.19. The van der Waals surface area contributed by atoms with Crippen LogP contribution in [0.3, 0.4) is 0 Å². The van der Waals surface area contributed by atoms with Crippen LogP contribution in [-0.2, 0) is 9.59 Å². The molecule has 0 amide bonds. The second-order valence-corrected chi connectivity index (χ2v) is 4.07. The molecule has 0 aliphatic heterocycles. The number of rotatable bonds is 10. The molecule has 2 unspecified atom stereocenters. The molecule has 0 aliphatic carbocycles. The van der Waals surface area contributed by atoms with Crippen LogP contribution in [0, 0.1) is 11.8 Å². The Bertz CT molecular complexity index is 344. The number of carboxylic acid groups (broad SMARTS) is 2. The highest BCUT2D eigenvalue weighted by Gasteiger charge is 2.16. The van der Waals surface area contributed by atoms with Crippen LogP contribution in [0.2, 0.25) is 0 Å². The van der Waals surface area contributed by atoms with Crippen LogP contribution < -0.4 is 10.2 Å². The van der Waals surface area contributed by atoms with E-state index in [1.165, 1.54) is 12.2 Å². The molecule has 0 spiro atoms. The third-order valence-electron chi connectivity index (χ3n) is 2.62. The number of carbonyl (C=O) groups excluding carboxylic acids is 2. The summed E-state index contributed by atoms with van der Waals surface area (Å²) in [6.45, 7) is 6.94. The van der Waals surface area contributed by atoms with Crippen LogP contribution in [-0.4, -0.2) is 11.9 Å². The van der Waals surface area contributed by atoms with Crippen molar-refractivity contribution in [3.63, 3.8) is 0 Å². The topological polar surface area (TPSA) is 80.3 Å². The molecule has 0 saturated carbocycles. The smallest absolute Gasteiger partial charge is 0.0448 e. The zero-order valence-corrected chi connectivity index (χ0v) is 10.8. The predicted molar refractivity (Wildman–Crippen MR) is 69.5 cm³/mol. The van der Waals surface area contributed by atoms with Gasteiger partial charge in [-0.2, -0.15) is 0 Å². The first-order valence-corrected chi connectivity index (χ1v) is 5.99. The Morgan fingerprint density at radius 2 is 1.26 bits per heavy atom. The number of carboxylic acids is 2. The fourth-order valence-corrected chi connectivity index (χ4v) is 1.60. The van der Waals surface area contributed by atoms with Crippen molar-refractivity contribution in [2.45, 2.75) is 19.3 Å². The molecule has 0 rings (SSSR count). The molecule has 0 N–H and O–H groups in total. The summed E-state index contributed by atoms with van der Waals surface area (Å²) >= 11 is 0. The minimum Gasteiger partial charge on any atom is -0.550 e. The van der Waals surface area contributed by atoms with E-state index in [0.717, 1.165) is 0 Å². The largest absolute Gasteiger partial charge is 0.550 e. The summed E-state index contributed by atoms with van der Waals surface area (Å²) in [5, 5.41) is 21.9. The van der Waals surface area contributed by atoms with E-state index in [-0.39, 0.29) is 19.3 Å². The minimum absolute atomic E-state index is 0.0202. The van der Waals surface area contributed by atoms with Gasteiger partial charge in [0.15, 0.2) is 0 Å². The lowest BCUT2D eigenvalue weighted by Gasteiger charge is -2.23. The summed E-state index contributed by atoms with van der Waals surface area (Å²) in [5.41, 5.74) is 0. The van der Waals surface area contributed by atoms with Gasteiger partial charge in [-0.25, -0.2) is 0 Å².